The zero-order chi connectivity index (χ0) is 17.5. The van der Waals surface area contributed by atoms with Crippen LogP contribution in [0.3, 0.4) is 0 Å². The van der Waals surface area contributed by atoms with Crippen LogP contribution in [0.25, 0.3) is 0 Å². The van der Waals surface area contributed by atoms with Gasteiger partial charge in [0.05, 0.1) is 11.4 Å². The summed E-state index contributed by atoms with van der Waals surface area (Å²) in [6.45, 7) is 3.38. The fraction of sp³-hybridized carbons (Fsp3) is 0.333. The first-order chi connectivity index (χ1) is 11.3. The zero-order valence-electron chi connectivity index (χ0n) is 13.2. The molecule has 1 aromatic heterocycles. The second-order valence-corrected chi connectivity index (χ2v) is 7.42. The SMILES string of the molecule is Cc1n[nH]c(C)c1S(=O)(=O)N1CCNC(=O)C1c1ccccc1F. The Kier molecular flexibility index (Phi) is 4.14. The molecule has 1 aliphatic heterocycles. The summed E-state index contributed by atoms with van der Waals surface area (Å²) in [7, 11) is -4.01. The molecule has 1 aromatic carbocycles. The number of sulfonamides is 1. The minimum atomic E-state index is -4.01. The molecule has 2 aromatic rings. The Bertz CT molecular complexity index is 874. The number of piperazine rings is 1. The van der Waals surface area contributed by atoms with E-state index >= 15 is 0 Å². The molecule has 0 aliphatic carbocycles. The lowest BCUT2D eigenvalue weighted by atomic mass is 10.0. The lowest BCUT2D eigenvalue weighted by Gasteiger charge is -2.34. The molecule has 2 heterocycles. The van der Waals surface area contributed by atoms with E-state index in [0.717, 1.165) is 4.31 Å². The van der Waals surface area contributed by atoms with Gasteiger partial charge in [-0.25, -0.2) is 12.8 Å². The van der Waals surface area contributed by atoms with Crippen LogP contribution < -0.4 is 5.32 Å². The van der Waals surface area contributed by atoms with Gasteiger partial charge in [0.15, 0.2) is 0 Å². The molecule has 0 radical (unpaired) electrons. The molecule has 1 unspecified atom stereocenters. The average Bonchev–Trinajstić information content (AvgIpc) is 2.87. The van der Waals surface area contributed by atoms with Gasteiger partial charge in [-0.1, -0.05) is 18.2 Å². The summed E-state index contributed by atoms with van der Waals surface area (Å²) in [5.74, 6) is -1.17. The number of benzene rings is 1. The molecule has 3 rings (SSSR count). The molecule has 1 fully saturated rings. The Balaban J connectivity index is 2.14. The fourth-order valence-electron chi connectivity index (χ4n) is 2.94. The summed E-state index contributed by atoms with van der Waals surface area (Å²) >= 11 is 0. The Morgan fingerprint density at radius 1 is 1.29 bits per heavy atom. The number of aromatic amines is 1. The van der Waals surface area contributed by atoms with Crippen LogP contribution in [-0.2, 0) is 14.8 Å². The number of hydrogen-bond acceptors (Lipinski definition) is 4. The van der Waals surface area contributed by atoms with E-state index in [1.54, 1.807) is 19.9 Å². The van der Waals surface area contributed by atoms with Crippen molar-refractivity contribution in [2.45, 2.75) is 24.8 Å². The van der Waals surface area contributed by atoms with Gasteiger partial charge in [-0.3, -0.25) is 9.89 Å². The van der Waals surface area contributed by atoms with Crippen molar-refractivity contribution in [3.8, 4) is 0 Å². The van der Waals surface area contributed by atoms with Crippen molar-refractivity contribution < 1.29 is 17.6 Å². The topological polar surface area (TPSA) is 95.2 Å². The Labute approximate surface area is 138 Å². The maximum atomic E-state index is 14.2. The van der Waals surface area contributed by atoms with E-state index < -0.39 is 27.8 Å². The van der Waals surface area contributed by atoms with Gasteiger partial charge < -0.3 is 5.32 Å². The van der Waals surface area contributed by atoms with Crippen LogP contribution in [0.2, 0.25) is 0 Å². The van der Waals surface area contributed by atoms with Crippen LogP contribution in [0.15, 0.2) is 29.2 Å². The first-order valence-electron chi connectivity index (χ1n) is 7.39. The van der Waals surface area contributed by atoms with Crippen molar-refractivity contribution in [2.75, 3.05) is 13.1 Å². The number of amides is 1. The Morgan fingerprint density at radius 3 is 2.62 bits per heavy atom. The molecule has 0 spiro atoms. The van der Waals surface area contributed by atoms with E-state index in [0.29, 0.717) is 11.4 Å². The van der Waals surface area contributed by atoms with Crippen molar-refractivity contribution in [1.82, 2.24) is 19.8 Å². The van der Waals surface area contributed by atoms with Gasteiger partial charge in [-0.05, 0) is 19.9 Å². The van der Waals surface area contributed by atoms with E-state index in [1.165, 1.54) is 18.2 Å². The van der Waals surface area contributed by atoms with Gasteiger partial charge in [0.1, 0.15) is 16.8 Å². The highest BCUT2D eigenvalue weighted by Gasteiger charge is 2.42. The number of hydrogen-bond donors (Lipinski definition) is 2. The van der Waals surface area contributed by atoms with E-state index in [9.17, 15) is 17.6 Å². The second-order valence-electron chi connectivity index (χ2n) is 5.59. The third kappa shape index (κ3) is 2.59. The maximum absolute atomic E-state index is 14.2. The normalized spacial score (nSPS) is 19.3. The summed E-state index contributed by atoms with van der Waals surface area (Å²) in [6, 6.07) is 4.43. The lowest BCUT2D eigenvalue weighted by molar-refractivity contribution is -0.127. The molecule has 24 heavy (non-hydrogen) atoms. The third-order valence-electron chi connectivity index (χ3n) is 3.99. The van der Waals surface area contributed by atoms with Crippen LogP contribution in [0, 0.1) is 19.7 Å². The number of carbonyl (C=O) groups excluding carboxylic acids is 1. The van der Waals surface area contributed by atoms with Crippen molar-refractivity contribution >= 4 is 15.9 Å². The average molecular weight is 352 g/mol. The zero-order valence-corrected chi connectivity index (χ0v) is 14.0. The van der Waals surface area contributed by atoms with Crippen molar-refractivity contribution in [2.24, 2.45) is 0 Å². The first-order valence-corrected chi connectivity index (χ1v) is 8.83. The Morgan fingerprint density at radius 2 is 2.00 bits per heavy atom. The van der Waals surface area contributed by atoms with Crippen LogP contribution in [0.1, 0.15) is 23.0 Å². The number of nitrogens with one attached hydrogen (secondary N) is 2. The standard InChI is InChI=1S/C15H17FN4O3S/c1-9-14(10(2)19-18-9)24(22,23)20-8-7-17-15(21)13(20)11-5-3-4-6-12(11)16/h3-6,13H,7-8H2,1-2H3,(H,17,21)(H,18,19). The van der Waals surface area contributed by atoms with Gasteiger partial charge in [-0.2, -0.15) is 9.40 Å². The summed E-state index contributed by atoms with van der Waals surface area (Å²) in [5.41, 5.74) is 0.716. The molecule has 0 saturated carbocycles. The number of H-pyrrole nitrogens is 1. The van der Waals surface area contributed by atoms with Gasteiger partial charge in [-0.15, -0.1) is 0 Å². The quantitative estimate of drug-likeness (QED) is 0.862. The summed E-state index contributed by atoms with van der Waals surface area (Å²) < 4.78 is 41.4. The van der Waals surface area contributed by atoms with Crippen LogP contribution >= 0.6 is 0 Å². The molecule has 1 saturated heterocycles. The minimum absolute atomic E-state index is 0.0251. The van der Waals surface area contributed by atoms with Crippen LogP contribution in [0.4, 0.5) is 4.39 Å². The lowest BCUT2D eigenvalue weighted by Crippen LogP contribution is -2.52. The monoisotopic (exact) mass is 352 g/mol. The maximum Gasteiger partial charge on any atom is 0.247 e. The summed E-state index contributed by atoms with van der Waals surface area (Å²) in [4.78, 5) is 12.4. The molecule has 9 heteroatoms. The number of carbonyl (C=O) groups is 1. The number of nitrogens with zero attached hydrogens (tertiary/aromatic N) is 2. The van der Waals surface area contributed by atoms with E-state index in [2.05, 4.69) is 15.5 Å². The van der Waals surface area contributed by atoms with E-state index in [4.69, 9.17) is 0 Å². The number of aromatic nitrogens is 2. The molecule has 1 atom stereocenters. The fourth-order valence-corrected chi connectivity index (χ4v) is 4.84. The number of aryl methyl sites for hydroxylation is 2. The molecule has 1 amide bonds. The summed E-state index contributed by atoms with van der Waals surface area (Å²) in [5, 5.41) is 9.13. The molecule has 1 aliphatic rings. The first kappa shape index (κ1) is 16.6. The van der Waals surface area contributed by atoms with Gasteiger partial charge in [0.2, 0.25) is 15.9 Å². The molecule has 0 bridgehead atoms. The highest BCUT2D eigenvalue weighted by Crippen LogP contribution is 2.32. The van der Waals surface area contributed by atoms with Crippen molar-refractivity contribution in [3.63, 3.8) is 0 Å². The van der Waals surface area contributed by atoms with E-state index in [1.807, 2.05) is 0 Å². The van der Waals surface area contributed by atoms with Crippen molar-refractivity contribution in [1.29, 1.82) is 0 Å². The van der Waals surface area contributed by atoms with Crippen LogP contribution in [0.5, 0.6) is 0 Å². The predicted molar refractivity (Wildman–Crippen MR) is 84.1 cm³/mol. The highest BCUT2D eigenvalue weighted by atomic mass is 32.2. The number of halogens is 1. The van der Waals surface area contributed by atoms with E-state index in [-0.39, 0.29) is 23.5 Å². The number of rotatable bonds is 3. The van der Waals surface area contributed by atoms with Crippen LogP contribution in [-0.4, -0.2) is 41.9 Å². The van der Waals surface area contributed by atoms with Gasteiger partial charge in [0, 0.05) is 18.7 Å². The van der Waals surface area contributed by atoms with Gasteiger partial charge >= 0.3 is 0 Å². The molecular formula is C15H17FN4O3S. The molecule has 2 N–H and O–H groups in total. The molecule has 128 valence electrons. The highest BCUT2D eigenvalue weighted by molar-refractivity contribution is 7.89. The smallest absolute Gasteiger partial charge is 0.247 e. The second kappa shape index (κ2) is 5.99. The minimum Gasteiger partial charge on any atom is -0.353 e. The predicted octanol–water partition coefficient (Wildman–Crippen LogP) is 1.03. The van der Waals surface area contributed by atoms with Crippen molar-refractivity contribution in [3.05, 3.63) is 47.0 Å². The molecule has 7 nitrogen and oxygen atoms in total. The largest absolute Gasteiger partial charge is 0.353 e. The van der Waals surface area contributed by atoms with Gasteiger partial charge in [0.25, 0.3) is 0 Å². The summed E-state index contributed by atoms with van der Waals surface area (Å²) in [6.07, 6.45) is 0. The molecular weight excluding hydrogens is 335 g/mol. The Hall–Kier alpha value is -2.26. The third-order valence-corrected chi connectivity index (χ3v) is 6.12.